The van der Waals surface area contributed by atoms with Crippen LogP contribution in [0.15, 0.2) is 27.4 Å². The number of ether oxygens (including phenoxy) is 2. The fourth-order valence-electron chi connectivity index (χ4n) is 4.09. The maximum absolute atomic E-state index is 13.1. The van der Waals surface area contributed by atoms with Crippen molar-refractivity contribution in [3.05, 3.63) is 28.8 Å². The summed E-state index contributed by atoms with van der Waals surface area (Å²) in [6, 6.07) is 3.82. The Morgan fingerprint density at radius 3 is 2.45 bits per heavy atom. The molecule has 7 nitrogen and oxygen atoms in total. The normalized spacial score (nSPS) is 19.2. The zero-order chi connectivity index (χ0) is 24.1. The van der Waals surface area contributed by atoms with E-state index in [9.17, 15) is 9.59 Å². The monoisotopic (exact) mass is 536 g/mol. The van der Waals surface area contributed by atoms with Crippen molar-refractivity contribution in [1.29, 1.82) is 0 Å². The second-order valence-corrected chi connectivity index (χ2v) is 12.3. The quantitative estimate of drug-likeness (QED) is 0.331. The van der Waals surface area contributed by atoms with Crippen molar-refractivity contribution in [3.8, 4) is 10.6 Å². The lowest BCUT2D eigenvalue weighted by molar-refractivity contribution is -0.160. The average molecular weight is 537 g/mol. The number of fused-ring (bicyclic) bond motifs is 1. The third-order valence-corrected chi connectivity index (χ3v) is 6.79. The number of furan rings is 1. The highest BCUT2D eigenvalue weighted by Gasteiger charge is 2.40. The summed E-state index contributed by atoms with van der Waals surface area (Å²) in [6.07, 6.45) is 3.52. The second-order valence-electron chi connectivity index (χ2n) is 10.4. The van der Waals surface area contributed by atoms with Gasteiger partial charge in [-0.25, -0.2) is 14.3 Å². The molecule has 0 N–H and O–H groups in total. The Balaban J connectivity index is 1.74. The Kier molecular flexibility index (Phi) is 6.24. The predicted molar refractivity (Wildman–Crippen MR) is 131 cm³/mol. The van der Waals surface area contributed by atoms with Gasteiger partial charge in [0.25, 0.3) is 0 Å². The van der Waals surface area contributed by atoms with E-state index < -0.39 is 17.3 Å². The number of rotatable bonds is 3. The van der Waals surface area contributed by atoms with Gasteiger partial charge in [-0.3, -0.25) is 4.79 Å². The Labute approximate surface area is 205 Å². The summed E-state index contributed by atoms with van der Waals surface area (Å²) >= 11 is 4.88. The van der Waals surface area contributed by atoms with E-state index in [1.165, 1.54) is 15.9 Å². The van der Waals surface area contributed by atoms with Gasteiger partial charge in [0.1, 0.15) is 22.6 Å². The summed E-state index contributed by atoms with van der Waals surface area (Å²) in [7, 11) is 0. The minimum Gasteiger partial charge on any atom is -0.460 e. The molecule has 1 saturated carbocycles. The highest BCUT2D eigenvalue weighted by atomic mass is 79.9. The Hall–Kier alpha value is -2.13. The van der Waals surface area contributed by atoms with Gasteiger partial charge in [0.05, 0.1) is 21.2 Å². The van der Waals surface area contributed by atoms with Crippen molar-refractivity contribution < 1.29 is 23.5 Å². The first-order valence-corrected chi connectivity index (χ1v) is 12.7. The van der Waals surface area contributed by atoms with Crippen molar-refractivity contribution in [3.63, 3.8) is 0 Å². The fraction of sp³-hybridized carbons (Fsp3) is 0.542. The van der Waals surface area contributed by atoms with Gasteiger partial charge in [-0.05, 0) is 70.3 Å². The summed E-state index contributed by atoms with van der Waals surface area (Å²) in [6.45, 7) is 11.1. The number of aromatic nitrogens is 2. The van der Waals surface area contributed by atoms with Gasteiger partial charge in [-0.15, -0.1) is 11.3 Å². The molecule has 0 bridgehead atoms. The smallest absolute Gasteiger partial charge is 0.420 e. The van der Waals surface area contributed by atoms with Gasteiger partial charge >= 0.3 is 12.1 Å². The van der Waals surface area contributed by atoms with Gasteiger partial charge in [-0.1, -0.05) is 6.42 Å². The van der Waals surface area contributed by atoms with E-state index in [-0.39, 0.29) is 17.8 Å². The van der Waals surface area contributed by atoms with Gasteiger partial charge < -0.3 is 13.9 Å². The molecule has 9 heteroatoms. The standard InChI is InChI=1S/C24H29BrN2O5S/c1-23(2,3)31-21(28)14-9-7-8-13(14)20-26-15(12-27(20)22(29)32-24(4,5)6)17-10-16-18(33-17)11-19(25)30-16/h10-14H,7-9H2,1-6H3/t13-,14?/m1/s1. The molecule has 1 aliphatic carbocycles. The van der Waals surface area contributed by atoms with Crippen molar-refractivity contribution in [2.24, 2.45) is 5.92 Å². The van der Waals surface area contributed by atoms with E-state index in [0.29, 0.717) is 22.6 Å². The van der Waals surface area contributed by atoms with Gasteiger partial charge in [0.15, 0.2) is 4.67 Å². The summed E-state index contributed by atoms with van der Waals surface area (Å²) in [4.78, 5) is 31.8. The lowest BCUT2D eigenvalue weighted by Gasteiger charge is -2.25. The van der Waals surface area contributed by atoms with E-state index in [4.69, 9.17) is 18.9 Å². The number of carbonyl (C=O) groups is 2. The third kappa shape index (κ3) is 5.35. The number of hydrogen-bond donors (Lipinski definition) is 0. The fourth-order valence-corrected chi connectivity index (χ4v) is 5.62. The van der Waals surface area contributed by atoms with Crippen molar-refractivity contribution >= 4 is 49.6 Å². The van der Waals surface area contributed by atoms with Crippen molar-refractivity contribution in [2.75, 3.05) is 0 Å². The Morgan fingerprint density at radius 1 is 1.12 bits per heavy atom. The minimum absolute atomic E-state index is 0.224. The highest BCUT2D eigenvalue weighted by molar-refractivity contribution is 9.10. The lowest BCUT2D eigenvalue weighted by atomic mass is 9.95. The third-order valence-electron chi connectivity index (χ3n) is 5.31. The molecule has 3 heterocycles. The molecular formula is C24H29BrN2O5S. The number of nitrogens with zero attached hydrogens (tertiary/aromatic N) is 2. The van der Waals surface area contributed by atoms with Crippen molar-refractivity contribution in [2.45, 2.75) is 77.9 Å². The summed E-state index contributed by atoms with van der Waals surface area (Å²) in [5.74, 6) is -0.281. The van der Waals surface area contributed by atoms with Crippen LogP contribution in [0.5, 0.6) is 0 Å². The lowest BCUT2D eigenvalue weighted by Crippen LogP contribution is -2.32. The maximum atomic E-state index is 13.1. The molecule has 0 amide bonds. The molecular weight excluding hydrogens is 508 g/mol. The number of esters is 1. The van der Waals surface area contributed by atoms with Gasteiger partial charge in [0.2, 0.25) is 0 Å². The van der Waals surface area contributed by atoms with Crippen LogP contribution in [-0.2, 0) is 14.3 Å². The molecule has 2 atom stereocenters. The molecule has 0 radical (unpaired) electrons. The predicted octanol–water partition coefficient (Wildman–Crippen LogP) is 7.13. The molecule has 1 aliphatic rings. The molecule has 0 spiro atoms. The molecule has 0 saturated heterocycles. The van der Waals surface area contributed by atoms with Gasteiger partial charge in [-0.2, -0.15) is 0 Å². The average Bonchev–Trinajstić information content (AvgIpc) is 3.39. The number of imidazole rings is 1. The summed E-state index contributed by atoms with van der Waals surface area (Å²) in [5, 5.41) is 0. The SMILES string of the molecule is CC(C)(C)OC(=O)C1CCC[C@H]1c1nc(-c2cc3oc(Br)cc3s2)cn1C(=O)OC(C)(C)C. The van der Waals surface area contributed by atoms with Crippen LogP contribution in [0.3, 0.4) is 0 Å². The van der Waals surface area contributed by atoms with Crippen LogP contribution < -0.4 is 0 Å². The number of halogens is 1. The van der Waals surface area contributed by atoms with Crippen LogP contribution in [0.2, 0.25) is 0 Å². The van der Waals surface area contributed by atoms with Crippen LogP contribution in [0.1, 0.15) is 72.5 Å². The molecule has 1 fully saturated rings. The largest absolute Gasteiger partial charge is 0.460 e. The summed E-state index contributed by atoms with van der Waals surface area (Å²) < 4.78 is 20.1. The van der Waals surface area contributed by atoms with E-state index in [1.807, 2.05) is 53.7 Å². The molecule has 3 aromatic rings. The van der Waals surface area contributed by atoms with Crippen LogP contribution >= 0.6 is 27.3 Å². The first-order chi connectivity index (χ1) is 15.3. The first-order valence-electron chi connectivity index (χ1n) is 11.1. The van der Waals surface area contributed by atoms with Crippen molar-refractivity contribution in [1.82, 2.24) is 9.55 Å². The number of hydrogen-bond acceptors (Lipinski definition) is 7. The number of carbonyl (C=O) groups excluding carboxylic acids is 2. The molecule has 0 aromatic carbocycles. The van der Waals surface area contributed by atoms with E-state index in [2.05, 4.69) is 15.9 Å². The van der Waals surface area contributed by atoms with E-state index in [0.717, 1.165) is 28.0 Å². The first kappa shape index (κ1) is 24.0. The zero-order valence-corrected chi connectivity index (χ0v) is 22.1. The molecule has 0 aliphatic heterocycles. The van der Waals surface area contributed by atoms with E-state index >= 15 is 0 Å². The van der Waals surface area contributed by atoms with Crippen LogP contribution in [-0.4, -0.2) is 32.8 Å². The number of thiophene rings is 1. The zero-order valence-electron chi connectivity index (χ0n) is 19.7. The highest BCUT2D eigenvalue weighted by Crippen LogP contribution is 2.43. The van der Waals surface area contributed by atoms with Crippen LogP contribution in [0, 0.1) is 5.92 Å². The van der Waals surface area contributed by atoms with Crippen LogP contribution in [0.4, 0.5) is 4.79 Å². The molecule has 4 rings (SSSR count). The molecule has 33 heavy (non-hydrogen) atoms. The Bertz CT molecular complexity index is 1160. The molecule has 178 valence electrons. The minimum atomic E-state index is -0.659. The topological polar surface area (TPSA) is 83.6 Å². The summed E-state index contributed by atoms with van der Waals surface area (Å²) in [5.41, 5.74) is 0.171. The maximum Gasteiger partial charge on any atom is 0.420 e. The van der Waals surface area contributed by atoms with E-state index in [1.54, 1.807) is 6.20 Å². The van der Waals surface area contributed by atoms with Crippen LogP contribution in [0.25, 0.3) is 20.9 Å². The second kappa shape index (κ2) is 8.58. The molecule has 3 aromatic heterocycles. The Morgan fingerprint density at radius 2 is 1.82 bits per heavy atom. The molecule has 1 unspecified atom stereocenters. The van der Waals surface area contributed by atoms with Gasteiger partial charge in [0, 0.05) is 24.2 Å².